The summed E-state index contributed by atoms with van der Waals surface area (Å²) in [6, 6.07) is 12.1. The highest BCUT2D eigenvalue weighted by molar-refractivity contribution is 7.23. The summed E-state index contributed by atoms with van der Waals surface area (Å²) in [4.78, 5) is 37.7. The van der Waals surface area contributed by atoms with Crippen LogP contribution in [0.3, 0.4) is 0 Å². The number of likely N-dealkylation sites (tertiary alicyclic amines) is 1. The summed E-state index contributed by atoms with van der Waals surface area (Å²) in [5.74, 6) is 0.828. The Labute approximate surface area is 244 Å². The van der Waals surface area contributed by atoms with E-state index in [9.17, 15) is 14.0 Å². The number of thiophene rings is 1. The number of pyridine rings is 1. The molecule has 0 bridgehead atoms. The molecule has 1 aromatic carbocycles. The van der Waals surface area contributed by atoms with Gasteiger partial charge in [-0.25, -0.2) is 14.2 Å². The molecule has 0 saturated carbocycles. The number of hydrogen-bond acceptors (Lipinski definition) is 8. The molecule has 11 heteroatoms. The molecule has 220 valence electrons. The van der Waals surface area contributed by atoms with Crippen LogP contribution in [-0.2, 0) is 11.3 Å². The normalized spacial score (nSPS) is 17.1. The second-order valence-corrected chi connectivity index (χ2v) is 12.2. The Kier molecular flexibility index (Phi) is 8.94. The molecular weight excluding hydrogens is 545 g/mol. The summed E-state index contributed by atoms with van der Waals surface area (Å²) in [6.07, 6.45) is 2.97. The van der Waals surface area contributed by atoms with Crippen LogP contribution in [0.15, 0.2) is 42.6 Å². The first kappa shape index (κ1) is 29.1. The molecule has 0 radical (unpaired) electrons. The van der Waals surface area contributed by atoms with Gasteiger partial charge in [-0.3, -0.25) is 9.69 Å². The van der Waals surface area contributed by atoms with Crippen LogP contribution in [0.2, 0.25) is 0 Å². The van der Waals surface area contributed by atoms with Gasteiger partial charge in [-0.05, 0) is 56.5 Å². The van der Waals surface area contributed by atoms with E-state index in [4.69, 9.17) is 9.47 Å². The number of carbonyl (C=O) groups excluding carboxylic acids is 2. The Morgan fingerprint density at radius 2 is 1.76 bits per heavy atom. The molecule has 2 saturated heterocycles. The molecule has 4 heterocycles. The van der Waals surface area contributed by atoms with Crippen molar-refractivity contribution in [3.05, 3.63) is 53.7 Å². The first-order valence-corrected chi connectivity index (χ1v) is 14.9. The number of rotatable bonds is 8. The Balaban J connectivity index is 1.19. The van der Waals surface area contributed by atoms with Gasteiger partial charge in [0.05, 0.1) is 12.7 Å². The van der Waals surface area contributed by atoms with Crippen LogP contribution in [0.25, 0.3) is 10.2 Å². The van der Waals surface area contributed by atoms with Gasteiger partial charge < -0.3 is 24.6 Å². The Bertz CT molecular complexity index is 1350. The number of nitrogens with zero attached hydrogens (tertiary/aromatic N) is 4. The van der Waals surface area contributed by atoms with Crippen molar-refractivity contribution in [2.75, 3.05) is 58.4 Å². The number of methoxy groups -OCH3 is 1. The number of anilines is 1. The summed E-state index contributed by atoms with van der Waals surface area (Å²) >= 11 is 1.51. The van der Waals surface area contributed by atoms with Gasteiger partial charge in [0.1, 0.15) is 27.9 Å². The SMILES string of the molecule is COc1ccc(CNc2sc3ncccc3c2C(=O)N2CCN(C3CCN(C(=O)OC(C)(C)CF)CC3)CC2)cc1. The van der Waals surface area contributed by atoms with Crippen molar-refractivity contribution in [3.8, 4) is 5.75 Å². The average molecular weight is 584 g/mol. The molecule has 0 spiro atoms. The van der Waals surface area contributed by atoms with Crippen molar-refractivity contribution in [2.45, 2.75) is 44.9 Å². The average Bonchev–Trinajstić information content (AvgIpc) is 3.38. The largest absolute Gasteiger partial charge is 0.497 e. The van der Waals surface area contributed by atoms with Gasteiger partial charge in [-0.1, -0.05) is 23.5 Å². The van der Waals surface area contributed by atoms with Gasteiger partial charge in [0.25, 0.3) is 5.91 Å². The fraction of sp³-hybridized carbons (Fsp3) is 0.500. The maximum atomic E-state index is 13.9. The van der Waals surface area contributed by atoms with Crippen molar-refractivity contribution in [1.82, 2.24) is 19.7 Å². The van der Waals surface area contributed by atoms with Crippen LogP contribution in [0.5, 0.6) is 5.75 Å². The number of alkyl halides is 1. The summed E-state index contributed by atoms with van der Waals surface area (Å²) in [7, 11) is 1.65. The number of benzene rings is 1. The fourth-order valence-electron chi connectivity index (χ4n) is 5.38. The predicted octanol–water partition coefficient (Wildman–Crippen LogP) is 5.02. The van der Waals surface area contributed by atoms with Crippen molar-refractivity contribution in [1.29, 1.82) is 0 Å². The number of fused-ring (bicyclic) bond motifs is 1. The van der Waals surface area contributed by atoms with Crippen LogP contribution in [0.1, 0.15) is 42.6 Å². The van der Waals surface area contributed by atoms with Gasteiger partial charge in [-0.15, -0.1) is 0 Å². The Morgan fingerprint density at radius 1 is 1.05 bits per heavy atom. The minimum absolute atomic E-state index is 0.0224. The van der Waals surface area contributed by atoms with Crippen molar-refractivity contribution < 1.29 is 23.5 Å². The highest BCUT2D eigenvalue weighted by Gasteiger charge is 2.34. The molecular formula is C30H38FN5O4S. The number of aromatic nitrogens is 1. The molecule has 9 nitrogen and oxygen atoms in total. The summed E-state index contributed by atoms with van der Waals surface area (Å²) in [5, 5.41) is 5.19. The maximum Gasteiger partial charge on any atom is 0.410 e. The van der Waals surface area contributed by atoms with E-state index >= 15 is 0 Å². The predicted molar refractivity (Wildman–Crippen MR) is 159 cm³/mol. The van der Waals surface area contributed by atoms with Crippen LogP contribution in [-0.4, -0.2) is 96.4 Å². The molecule has 2 aromatic heterocycles. The van der Waals surface area contributed by atoms with Gasteiger partial charge in [-0.2, -0.15) is 0 Å². The molecule has 0 aliphatic carbocycles. The Morgan fingerprint density at radius 3 is 2.41 bits per heavy atom. The van der Waals surface area contributed by atoms with Crippen LogP contribution in [0, 0.1) is 0 Å². The topological polar surface area (TPSA) is 87.2 Å². The highest BCUT2D eigenvalue weighted by atomic mass is 32.1. The minimum Gasteiger partial charge on any atom is -0.497 e. The molecule has 2 aliphatic heterocycles. The Hall–Kier alpha value is -3.44. The van der Waals surface area contributed by atoms with Crippen molar-refractivity contribution >= 4 is 38.6 Å². The molecule has 2 aliphatic rings. The van der Waals surface area contributed by atoms with Crippen LogP contribution >= 0.6 is 11.3 Å². The van der Waals surface area contributed by atoms with Crippen LogP contribution < -0.4 is 10.1 Å². The molecule has 1 N–H and O–H groups in total. The smallest absolute Gasteiger partial charge is 0.410 e. The number of carbonyl (C=O) groups is 2. The van der Waals surface area contributed by atoms with Gasteiger partial charge in [0.15, 0.2) is 0 Å². The molecule has 2 amide bonds. The van der Waals surface area contributed by atoms with Gasteiger partial charge in [0.2, 0.25) is 0 Å². The van der Waals surface area contributed by atoms with E-state index in [1.807, 2.05) is 41.3 Å². The monoisotopic (exact) mass is 583 g/mol. The highest BCUT2D eigenvalue weighted by Crippen LogP contribution is 2.36. The van der Waals surface area contributed by atoms with Gasteiger partial charge >= 0.3 is 6.09 Å². The number of hydrogen-bond donors (Lipinski definition) is 1. The lowest BCUT2D eigenvalue weighted by Crippen LogP contribution is -2.55. The third-order valence-electron chi connectivity index (χ3n) is 7.82. The second kappa shape index (κ2) is 12.6. The first-order valence-electron chi connectivity index (χ1n) is 14.1. The number of nitrogens with one attached hydrogen (secondary N) is 1. The van der Waals surface area contributed by atoms with Crippen molar-refractivity contribution in [3.63, 3.8) is 0 Å². The van der Waals surface area contributed by atoms with E-state index in [0.29, 0.717) is 44.3 Å². The molecule has 2 fully saturated rings. The second-order valence-electron chi connectivity index (χ2n) is 11.2. The lowest BCUT2D eigenvalue weighted by molar-refractivity contribution is -0.0101. The zero-order valence-electron chi connectivity index (χ0n) is 23.9. The van der Waals surface area contributed by atoms with E-state index < -0.39 is 18.4 Å². The quantitative estimate of drug-likeness (QED) is 0.398. The fourth-order valence-corrected chi connectivity index (χ4v) is 6.42. The number of ether oxygens (including phenoxy) is 2. The molecule has 3 aromatic rings. The third-order valence-corrected chi connectivity index (χ3v) is 8.89. The standard InChI is InChI=1S/C30H38FN5O4S/c1-30(2,20-31)40-29(38)36-13-10-22(11-14-36)34-15-17-35(18-16-34)28(37)25-24-5-4-12-32-26(24)41-27(25)33-19-21-6-8-23(39-3)9-7-21/h4-9,12,22,33H,10-11,13-20H2,1-3H3. The van der Waals surface area contributed by atoms with E-state index in [1.165, 1.54) is 11.3 Å². The number of piperazine rings is 1. The first-order chi connectivity index (χ1) is 19.8. The van der Waals surface area contributed by atoms with Crippen molar-refractivity contribution in [2.24, 2.45) is 0 Å². The maximum absolute atomic E-state index is 13.9. The zero-order chi connectivity index (χ0) is 29.0. The molecule has 41 heavy (non-hydrogen) atoms. The lowest BCUT2D eigenvalue weighted by Gasteiger charge is -2.42. The van der Waals surface area contributed by atoms with E-state index in [0.717, 1.165) is 52.5 Å². The van der Waals surface area contributed by atoms with Crippen LogP contribution in [0.4, 0.5) is 14.2 Å². The molecule has 5 rings (SSSR count). The summed E-state index contributed by atoms with van der Waals surface area (Å²) in [5.41, 5.74) is 0.669. The molecule has 0 unspecified atom stereocenters. The minimum atomic E-state index is -1.11. The number of amides is 2. The van der Waals surface area contributed by atoms with E-state index in [2.05, 4.69) is 15.2 Å². The summed E-state index contributed by atoms with van der Waals surface area (Å²) < 4.78 is 23.6. The lowest BCUT2D eigenvalue weighted by atomic mass is 10.0. The van der Waals surface area contributed by atoms with E-state index in [-0.39, 0.29) is 5.91 Å². The third kappa shape index (κ3) is 6.73. The zero-order valence-corrected chi connectivity index (χ0v) is 24.7. The number of halogens is 1. The molecule has 0 atom stereocenters. The summed E-state index contributed by atoms with van der Waals surface area (Å²) in [6.45, 7) is 7.04. The van der Waals surface area contributed by atoms with E-state index in [1.54, 1.807) is 32.1 Å². The van der Waals surface area contributed by atoms with Gasteiger partial charge in [0, 0.05) is 63.4 Å². The number of piperidine rings is 1.